The maximum Gasteiger partial charge on any atom is 0.339 e. The van der Waals surface area contributed by atoms with Crippen molar-refractivity contribution < 1.29 is 33.8 Å². The fraction of sp³-hybridized carbons (Fsp3) is 0.333. The van der Waals surface area contributed by atoms with Crippen LogP contribution in [0.1, 0.15) is 33.6 Å². The molecule has 2 unspecified atom stereocenters. The second kappa shape index (κ2) is 11.8. The molecule has 5 N–H and O–H groups in total. The van der Waals surface area contributed by atoms with E-state index in [-0.39, 0.29) is 18.7 Å². The summed E-state index contributed by atoms with van der Waals surface area (Å²) < 4.78 is 9.94. The summed E-state index contributed by atoms with van der Waals surface area (Å²) in [6.07, 6.45) is 0.0797. The summed E-state index contributed by atoms with van der Waals surface area (Å²) in [5.74, 6) is -1.25. The van der Waals surface area contributed by atoms with E-state index in [4.69, 9.17) is 15.2 Å². The van der Waals surface area contributed by atoms with Crippen LogP contribution in [0.3, 0.4) is 0 Å². The number of esters is 1. The fourth-order valence-corrected chi connectivity index (χ4v) is 3.65. The first-order valence-electron chi connectivity index (χ1n) is 11.0. The van der Waals surface area contributed by atoms with E-state index in [1.54, 1.807) is 24.3 Å². The van der Waals surface area contributed by atoms with E-state index in [0.29, 0.717) is 36.4 Å². The Kier molecular flexibility index (Phi) is 8.63. The maximum atomic E-state index is 13.0. The Labute approximate surface area is 202 Å². The lowest BCUT2D eigenvalue weighted by molar-refractivity contribution is -0.119. The van der Waals surface area contributed by atoms with Crippen molar-refractivity contribution in [3.05, 3.63) is 59.7 Å². The Hall–Kier alpha value is -4.12. The Balaban J connectivity index is 1.66. The molecule has 186 valence electrons. The van der Waals surface area contributed by atoms with Gasteiger partial charge in [0.25, 0.3) is 11.8 Å². The SMILES string of the molecule is COC(=O)c1ccccc1NC(=O)N1CCCC(O)C(NC(=O)c2ccc(OCC(N)=O)cc2)C1. The summed E-state index contributed by atoms with van der Waals surface area (Å²) in [4.78, 5) is 50.0. The highest BCUT2D eigenvalue weighted by atomic mass is 16.5. The number of likely N-dealkylation sites (tertiary alicyclic amines) is 1. The average Bonchev–Trinajstić information content (AvgIpc) is 3.04. The molecule has 1 saturated heterocycles. The number of amides is 4. The Morgan fingerprint density at radius 3 is 2.51 bits per heavy atom. The molecule has 2 aromatic carbocycles. The normalized spacial score (nSPS) is 17.6. The lowest BCUT2D eigenvalue weighted by Gasteiger charge is -2.27. The van der Waals surface area contributed by atoms with Gasteiger partial charge in [0.2, 0.25) is 0 Å². The van der Waals surface area contributed by atoms with Gasteiger partial charge in [-0.05, 0) is 49.2 Å². The highest BCUT2D eigenvalue weighted by molar-refractivity contribution is 6.01. The number of ether oxygens (including phenoxy) is 2. The zero-order chi connectivity index (χ0) is 25.4. The smallest absolute Gasteiger partial charge is 0.339 e. The third-order valence-corrected chi connectivity index (χ3v) is 5.48. The summed E-state index contributed by atoms with van der Waals surface area (Å²) in [6, 6.07) is 11.4. The van der Waals surface area contributed by atoms with E-state index in [2.05, 4.69) is 10.6 Å². The largest absolute Gasteiger partial charge is 0.484 e. The molecule has 11 heteroatoms. The van der Waals surface area contributed by atoms with Crippen molar-refractivity contribution in [2.24, 2.45) is 5.73 Å². The first-order chi connectivity index (χ1) is 16.8. The predicted molar refractivity (Wildman–Crippen MR) is 126 cm³/mol. The predicted octanol–water partition coefficient (Wildman–Crippen LogP) is 1.12. The van der Waals surface area contributed by atoms with Gasteiger partial charge in [-0.15, -0.1) is 0 Å². The molecule has 2 atom stereocenters. The van der Waals surface area contributed by atoms with E-state index in [0.717, 1.165) is 0 Å². The molecule has 1 aliphatic heterocycles. The van der Waals surface area contributed by atoms with Crippen LogP contribution in [0.2, 0.25) is 0 Å². The Morgan fingerprint density at radius 1 is 1.11 bits per heavy atom. The van der Waals surface area contributed by atoms with Gasteiger partial charge in [-0.2, -0.15) is 0 Å². The molecule has 35 heavy (non-hydrogen) atoms. The average molecular weight is 485 g/mol. The van der Waals surface area contributed by atoms with Gasteiger partial charge in [-0.1, -0.05) is 12.1 Å². The number of urea groups is 1. The minimum atomic E-state index is -0.850. The number of hydrogen-bond donors (Lipinski definition) is 4. The number of rotatable bonds is 7. The molecule has 4 amide bonds. The summed E-state index contributed by atoms with van der Waals surface area (Å²) in [7, 11) is 1.26. The van der Waals surface area contributed by atoms with E-state index in [1.165, 1.54) is 36.3 Å². The molecular weight excluding hydrogens is 456 g/mol. The maximum absolute atomic E-state index is 13.0. The summed E-state index contributed by atoms with van der Waals surface area (Å²) >= 11 is 0. The minimum absolute atomic E-state index is 0.0684. The molecule has 0 aliphatic carbocycles. The molecule has 3 rings (SSSR count). The molecule has 0 bridgehead atoms. The third-order valence-electron chi connectivity index (χ3n) is 5.48. The summed E-state index contributed by atoms with van der Waals surface area (Å²) in [6.45, 7) is 0.155. The van der Waals surface area contributed by atoms with E-state index in [9.17, 15) is 24.3 Å². The van der Waals surface area contributed by atoms with E-state index < -0.39 is 36.0 Å². The number of methoxy groups -OCH3 is 1. The highest BCUT2D eigenvalue weighted by Gasteiger charge is 2.30. The van der Waals surface area contributed by atoms with Gasteiger partial charge in [0.1, 0.15) is 5.75 Å². The number of nitrogens with zero attached hydrogens (tertiary/aromatic N) is 1. The quantitative estimate of drug-likeness (QED) is 0.428. The van der Waals surface area contributed by atoms with Crippen LogP contribution in [0.25, 0.3) is 0 Å². The van der Waals surface area contributed by atoms with Gasteiger partial charge >= 0.3 is 12.0 Å². The molecule has 1 fully saturated rings. The van der Waals surface area contributed by atoms with Crippen LogP contribution in [0.5, 0.6) is 5.75 Å². The second-order valence-corrected chi connectivity index (χ2v) is 7.98. The highest BCUT2D eigenvalue weighted by Crippen LogP contribution is 2.19. The third kappa shape index (κ3) is 6.93. The van der Waals surface area contributed by atoms with Gasteiger partial charge < -0.3 is 35.8 Å². The monoisotopic (exact) mass is 484 g/mol. The number of aliphatic hydroxyl groups excluding tert-OH is 1. The number of hydrogen-bond acceptors (Lipinski definition) is 7. The number of para-hydroxylation sites is 1. The van der Waals surface area contributed by atoms with Crippen molar-refractivity contribution in [2.45, 2.75) is 25.0 Å². The minimum Gasteiger partial charge on any atom is -0.484 e. The van der Waals surface area contributed by atoms with Gasteiger partial charge in [0, 0.05) is 18.7 Å². The van der Waals surface area contributed by atoms with Crippen LogP contribution in [0.4, 0.5) is 10.5 Å². The summed E-state index contributed by atoms with van der Waals surface area (Å²) in [5, 5.41) is 16.0. The second-order valence-electron chi connectivity index (χ2n) is 7.98. The van der Waals surface area contributed by atoms with Crippen molar-refractivity contribution in [3.63, 3.8) is 0 Å². The van der Waals surface area contributed by atoms with Crippen LogP contribution >= 0.6 is 0 Å². The van der Waals surface area contributed by atoms with Gasteiger partial charge in [0.15, 0.2) is 6.61 Å². The number of benzene rings is 2. The fourth-order valence-electron chi connectivity index (χ4n) is 3.65. The van der Waals surface area contributed by atoms with Gasteiger partial charge in [-0.25, -0.2) is 9.59 Å². The molecule has 0 radical (unpaired) electrons. The van der Waals surface area contributed by atoms with Crippen LogP contribution in [0.15, 0.2) is 48.5 Å². The standard InChI is InChI=1S/C24H28N4O7/c1-34-23(32)17-5-2-3-6-18(17)27-24(33)28-12-4-7-20(29)19(13-28)26-22(31)15-8-10-16(11-9-15)35-14-21(25)30/h2-3,5-6,8-11,19-20,29H,4,7,12-14H2,1H3,(H2,25,30)(H,26,31)(H,27,33). The van der Waals surface area contributed by atoms with Crippen LogP contribution in [0, 0.1) is 0 Å². The van der Waals surface area contributed by atoms with Crippen molar-refractivity contribution >= 4 is 29.5 Å². The molecule has 0 aromatic heterocycles. The molecule has 0 spiro atoms. The first-order valence-corrected chi connectivity index (χ1v) is 11.0. The van der Waals surface area contributed by atoms with Crippen LogP contribution in [-0.4, -0.2) is 72.8 Å². The number of carbonyl (C=O) groups is 4. The molecule has 1 aliphatic rings. The number of primary amides is 1. The lowest BCUT2D eigenvalue weighted by Crippen LogP contribution is -2.50. The van der Waals surface area contributed by atoms with Crippen molar-refractivity contribution in [1.29, 1.82) is 0 Å². The number of anilines is 1. The number of carbonyl (C=O) groups excluding carboxylic acids is 4. The Bertz CT molecular complexity index is 1070. The van der Waals surface area contributed by atoms with Crippen molar-refractivity contribution in [2.75, 3.05) is 32.1 Å². The van der Waals surface area contributed by atoms with Gasteiger partial charge in [0.05, 0.1) is 30.5 Å². The van der Waals surface area contributed by atoms with Crippen LogP contribution < -0.4 is 21.1 Å². The number of nitrogens with one attached hydrogen (secondary N) is 2. The zero-order valence-corrected chi connectivity index (χ0v) is 19.2. The molecule has 0 saturated carbocycles. The molecular formula is C24H28N4O7. The molecule has 11 nitrogen and oxygen atoms in total. The molecule has 2 aromatic rings. The first kappa shape index (κ1) is 25.5. The van der Waals surface area contributed by atoms with Crippen LogP contribution in [-0.2, 0) is 9.53 Å². The Morgan fingerprint density at radius 2 is 1.83 bits per heavy atom. The van der Waals surface area contributed by atoms with Crippen molar-refractivity contribution in [3.8, 4) is 5.75 Å². The summed E-state index contributed by atoms with van der Waals surface area (Å²) in [5.41, 5.74) is 5.88. The van der Waals surface area contributed by atoms with Crippen molar-refractivity contribution in [1.82, 2.24) is 10.2 Å². The van der Waals surface area contributed by atoms with E-state index >= 15 is 0 Å². The lowest BCUT2D eigenvalue weighted by atomic mass is 10.1. The number of nitrogens with two attached hydrogens (primary N) is 1. The number of aliphatic hydroxyl groups is 1. The topological polar surface area (TPSA) is 160 Å². The van der Waals surface area contributed by atoms with E-state index in [1.807, 2.05) is 0 Å². The zero-order valence-electron chi connectivity index (χ0n) is 19.2. The molecule has 1 heterocycles. The van der Waals surface area contributed by atoms with Gasteiger partial charge in [-0.3, -0.25) is 9.59 Å².